The number of carbonyl (C=O) groups excluding carboxylic acids is 2. The van der Waals surface area contributed by atoms with Crippen LogP contribution in [-0.4, -0.2) is 28.3 Å². The van der Waals surface area contributed by atoms with Gasteiger partial charge in [0, 0.05) is 47.8 Å². The van der Waals surface area contributed by atoms with Crippen LogP contribution >= 0.6 is 0 Å². The van der Waals surface area contributed by atoms with Gasteiger partial charge in [0.1, 0.15) is 0 Å². The van der Waals surface area contributed by atoms with Crippen molar-refractivity contribution in [1.29, 1.82) is 0 Å². The summed E-state index contributed by atoms with van der Waals surface area (Å²) in [6.45, 7) is 0.638. The molecule has 0 radical (unpaired) electrons. The maximum absolute atomic E-state index is 12.5. The van der Waals surface area contributed by atoms with Crippen LogP contribution in [-0.2, 0) is 11.2 Å². The number of aromatic amines is 1. The molecule has 0 atom stereocenters. The summed E-state index contributed by atoms with van der Waals surface area (Å²) in [4.78, 5) is 32.6. The van der Waals surface area contributed by atoms with E-state index in [9.17, 15) is 9.59 Å². The molecule has 0 spiro atoms. The van der Waals surface area contributed by atoms with Gasteiger partial charge in [0.05, 0.1) is 16.9 Å². The van der Waals surface area contributed by atoms with Gasteiger partial charge in [-0.3, -0.25) is 14.6 Å². The molecule has 0 fully saturated rings. The molecule has 4 aromatic rings. The summed E-state index contributed by atoms with van der Waals surface area (Å²) in [5.74, 6) is -0.268. The molecular formula is C27H22N4O2. The maximum atomic E-state index is 12.5. The zero-order chi connectivity index (χ0) is 22.6. The van der Waals surface area contributed by atoms with Crippen molar-refractivity contribution in [2.45, 2.75) is 6.42 Å². The first-order chi connectivity index (χ1) is 16.2. The van der Waals surface area contributed by atoms with E-state index in [0.717, 1.165) is 40.2 Å². The van der Waals surface area contributed by atoms with Crippen LogP contribution in [0.4, 0.5) is 5.69 Å². The van der Waals surface area contributed by atoms with Crippen molar-refractivity contribution in [3.8, 4) is 22.5 Å². The minimum Gasteiger partial charge on any atom is -0.358 e. The van der Waals surface area contributed by atoms with Gasteiger partial charge in [-0.15, -0.1) is 0 Å². The first-order valence-corrected chi connectivity index (χ1v) is 10.8. The van der Waals surface area contributed by atoms with Gasteiger partial charge >= 0.3 is 0 Å². The van der Waals surface area contributed by atoms with E-state index in [1.807, 2.05) is 72.8 Å². The first-order valence-electron chi connectivity index (χ1n) is 10.8. The van der Waals surface area contributed by atoms with Crippen LogP contribution in [0.5, 0.6) is 0 Å². The molecule has 6 nitrogen and oxygen atoms in total. The average molecular weight is 434 g/mol. The van der Waals surface area contributed by atoms with Crippen molar-refractivity contribution in [2.75, 3.05) is 11.9 Å². The van der Waals surface area contributed by atoms with E-state index in [1.165, 1.54) is 6.08 Å². The van der Waals surface area contributed by atoms with Crippen LogP contribution in [0.3, 0.4) is 0 Å². The van der Waals surface area contributed by atoms with Crippen molar-refractivity contribution in [2.24, 2.45) is 0 Å². The average Bonchev–Trinajstić information content (AvgIpc) is 3.30. The summed E-state index contributed by atoms with van der Waals surface area (Å²) in [5.41, 5.74) is 6.60. The van der Waals surface area contributed by atoms with Crippen LogP contribution < -0.4 is 10.6 Å². The fourth-order valence-electron chi connectivity index (χ4n) is 3.92. The summed E-state index contributed by atoms with van der Waals surface area (Å²) >= 11 is 0. The Kier molecular flexibility index (Phi) is 5.55. The zero-order valence-electron chi connectivity index (χ0n) is 17.8. The highest BCUT2D eigenvalue weighted by atomic mass is 16.2. The number of rotatable bonds is 5. The van der Waals surface area contributed by atoms with Crippen LogP contribution in [0.2, 0.25) is 0 Å². The van der Waals surface area contributed by atoms with Crippen molar-refractivity contribution >= 4 is 23.6 Å². The standard InChI is InChI=1S/C27H22N4O2/c32-26(11-10-18-6-2-1-3-7-18)31-22-9-5-4-8-20(22)25-16-19(12-14-28-25)24-17-21-23(30-24)13-15-29-27(21)33/h1-12,14,16-17,30H,13,15H2,(H,29,33)(H,31,32). The lowest BCUT2D eigenvalue weighted by Crippen LogP contribution is -2.31. The van der Waals surface area contributed by atoms with Gasteiger partial charge in [0.25, 0.3) is 5.91 Å². The second-order valence-electron chi connectivity index (χ2n) is 7.79. The molecule has 5 rings (SSSR count). The molecular weight excluding hydrogens is 412 g/mol. The highest BCUT2D eigenvalue weighted by molar-refractivity contribution is 6.04. The fourth-order valence-corrected chi connectivity index (χ4v) is 3.92. The molecule has 1 aliphatic rings. The van der Waals surface area contributed by atoms with Crippen LogP contribution in [0.15, 0.2) is 85.1 Å². The summed E-state index contributed by atoms with van der Waals surface area (Å²) in [5, 5.41) is 5.83. The number of nitrogens with one attached hydrogen (secondary N) is 3. The number of benzene rings is 2. The lowest BCUT2D eigenvalue weighted by Gasteiger charge is -2.11. The fraction of sp³-hybridized carbons (Fsp3) is 0.0741. The largest absolute Gasteiger partial charge is 0.358 e. The quantitative estimate of drug-likeness (QED) is 0.399. The molecule has 33 heavy (non-hydrogen) atoms. The van der Waals surface area contributed by atoms with Crippen molar-refractivity contribution < 1.29 is 9.59 Å². The number of para-hydroxylation sites is 1. The maximum Gasteiger partial charge on any atom is 0.253 e. The molecule has 3 N–H and O–H groups in total. The number of fused-ring (bicyclic) bond motifs is 1. The minimum absolute atomic E-state index is 0.0513. The van der Waals surface area contributed by atoms with E-state index in [4.69, 9.17) is 0 Å². The van der Waals surface area contributed by atoms with Crippen LogP contribution in [0.1, 0.15) is 21.6 Å². The Labute approximate surface area is 191 Å². The highest BCUT2D eigenvalue weighted by Gasteiger charge is 2.20. The molecule has 162 valence electrons. The Bertz CT molecular complexity index is 1360. The molecule has 0 saturated heterocycles. The molecule has 0 aliphatic carbocycles. The summed E-state index contributed by atoms with van der Waals surface area (Å²) in [7, 11) is 0. The van der Waals surface area contributed by atoms with Gasteiger partial charge in [0.15, 0.2) is 0 Å². The second-order valence-corrected chi connectivity index (χ2v) is 7.79. The van der Waals surface area contributed by atoms with Crippen molar-refractivity contribution in [3.05, 3.63) is 102 Å². The monoisotopic (exact) mass is 434 g/mol. The second kappa shape index (κ2) is 8.96. The molecule has 0 unspecified atom stereocenters. The van der Waals surface area contributed by atoms with Crippen molar-refractivity contribution in [3.63, 3.8) is 0 Å². The number of nitrogens with zero attached hydrogens (tertiary/aromatic N) is 1. The lowest BCUT2D eigenvalue weighted by atomic mass is 10.0. The molecule has 2 aromatic carbocycles. The van der Waals surface area contributed by atoms with Gasteiger partial charge in [-0.05, 0) is 35.9 Å². The third-order valence-electron chi connectivity index (χ3n) is 5.56. The van der Waals surface area contributed by atoms with E-state index >= 15 is 0 Å². The lowest BCUT2D eigenvalue weighted by molar-refractivity contribution is -0.111. The van der Waals surface area contributed by atoms with Gasteiger partial charge in [-0.25, -0.2) is 0 Å². The summed E-state index contributed by atoms with van der Waals surface area (Å²) < 4.78 is 0. The SMILES string of the molecule is O=C(C=Cc1ccccc1)Nc1ccccc1-c1cc(-c2cc3c([nH]2)CCNC3=O)ccn1. The minimum atomic E-state index is -0.217. The zero-order valence-corrected chi connectivity index (χ0v) is 17.8. The number of carbonyl (C=O) groups is 2. The molecule has 6 heteroatoms. The normalized spacial score (nSPS) is 12.9. The predicted octanol–water partition coefficient (Wildman–Crippen LogP) is 4.68. The Balaban J connectivity index is 1.41. The first kappa shape index (κ1) is 20.5. The van der Waals surface area contributed by atoms with E-state index in [1.54, 1.807) is 12.3 Å². The molecule has 2 amide bonds. The van der Waals surface area contributed by atoms with Crippen LogP contribution in [0.25, 0.3) is 28.6 Å². The summed E-state index contributed by atoms with van der Waals surface area (Å²) in [6.07, 6.45) is 5.81. The van der Waals surface area contributed by atoms with E-state index in [0.29, 0.717) is 17.8 Å². The number of anilines is 1. The molecule has 2 aromatic heterocycles. The third kappa shape index (κ3) is 4.45. The number of hydrogen-bond donors (Lipinski definition) is 3. The Morgan fingerprint density at radius 2 is 1.79 bits per heavy atom. The van der Waals surface area contributed by atoms with E-state index in [-0.39, 0.29) is 11.8 Å². The number of pyridine rings is 1. The summed E-state index contributed by atoms with van der Waals surface area (Å²) in [6, 6.07) is 23.0. The van der Waals surface area contributed by atoms with E-state index < -0.39 is 0 Å². The third-order valence-corrected chi connectivity index (χ3v) is 5.56. The van der Waals surface area contributed by atoms with Crippen molar-refractivity contribution in [1.82, 2.24) is 15.3 Å². The Morgan fingerprint density at radius 1 is 0.970 bits per heavy atom. The number of aromatic nitrogens is 2. The molecule has 0 saturated carbocycles. The highest BCUT2D eigenvalue weighted by Crippen LogP contribution is 2.30. The van der Waals surface area contributed by atoms with Gasteiger partial charge in [-0.2, -0.15) is 0 Å². The van der Waals surface area contributed by atoms with Gasteiger partial charge in [-0.1, -0.05) is 48.5 Å². The van der Waals surface area contributed by atoms with E-state index in [2.05, 4.69) is 20.6 Å². The van der Waals surface area contributed by atoms with Crippen LogP contribution in [0, 0.1) is 0 Å². The topological polar surface area (TPSA) is 86.9 Å². The molecule has 0 bridgehead atoms. The number of amides is 2. The molecule has 1 aliphatic heterocycles. The predicted molar refractivity (Wildman–Crippen MR) is 130 cm³/mol. The van der Waals surface area contributed by atoms with Gasteiger partial charge in [0.2, 0.25) is 5.91 Å². The van der Waals surface area contributed by atoms with Gasteiger partial charge < -0.3 is 15.6 Å². The number of H-pyrrole nitrogens is 1. The smallest absolute Gasteiger partial charge is 0.253 e. The number of hydrogen-bond acceptors (Lipinski definition) is 3. The Hall–Kier alpha value is -4.45. The Morgan fingerprint density at radius 3 is 2.64 bits per heavy atom. The molecule has 3 heterocycles.